The summed E-state index contributed by atoms with van der Waals surface area (Å²) in [7, 11) is 0. The van der Waals surface area contributed by atoms with Gasteiger partial charge in [-0.25, -0.2) is 9.67 Å². The van der Waals surface area contributed by atoms with E-state index in [4.69, 9.17) is 14.8 Å². The normalized spacial score (nSPS) is 18.3. The number of aromatic nitrogens is 4. The van der Waals surface area contributed by atoms with Crippen LogP contribution in [0.5, 0.6) is 11.5 Å². The van der Waals surface area contributed by atoms with Crippen LogP contribution in [0.2, 0.25) is 0 Å². The van der Waals surface area contributed by atoms with Crippen molar-refractivity contribution in [3.8, 4) is 23.0 Å². The van der Waals surface area contributed by atoms with Crippen molar-refractivity contribution in [2.24, 2.45) is 11.8 Å². The average Bonchev–Trinajstić information content (AvgIpc) is 3.58. The van der Waals surface area contributed by atoms with Crippen LogP contribution in [0.4, 0.5) is 0 Å². The van der Waals surface area contributed by atoms with E-state index in [1.807, 2.05) is 6.20 Å². The molecule has 0 saturated heterocycles. The monoisotopic (exact) mass is 678 g/mol. The van der Waals surface area contributed by atoms with Crippen LogP contribution in [0.1, 0.15) is 121 Å². The highest BCUT2D eigenvalue weighted by molar-refractivity contribution is 6.09. The lowest BCUT2D eigenvalue weighted by Crippen LogP contribution is -2.21. The van der Waals surface area contributed by atoms with Crippen molar-refractivity contribution in [1.29, 1.82) is 0 Å². The molecule has 264 valence electrons. The van der Waals surface area contributed by atoms with Crippen molar-refractivity contribution in [2.75, 3.05) is 0 Å². The summed E-state index contributed by atoms with van der Waals surface area (Å²) in [5.41, 5.74) is 11.0. The van der Waals surface area contributed by atoms with Crippen LogP contribution in [0.15, 0.2) is 90.6 Å². The molecule has 0 saturated carbocycles. The number of fused-ring (bicyclic) bond motifs is 3. The Labute approximate surface area is 304 Å². The highest BCUT2D eigenvalue weighted by Crippen LogP contribution is 2.45. The molecule has 7 rings (SSSR count). The van der Waals surface area contributed by atoms with E-state index in [0.29, 0.717) is 29.6 Å². The van der Waals surface area contributed by atoms with Gasteiger partial charge in [0.25, 0.3) is 0 Å². The lowest BCUT2D eigenvalue weighted by Gasteiger charge is -2.33. The molecule has 5 nitrogen and oxygen atoms in total. The number of hydrogen-bond donors (Lipinski definition) is 0. The third-order valence-electron chi connectivity index (χ3n) is 10.9. The van der Waals surface area contributed by atoms with Gasteiger partial charge in [-0.1, -0.05) is 92.2 Å². The van der Waals surface area contributed by atoms with E-state index in [-0.39, 0.29) is 5.41 Å². The molecule has 0 amide bonds. The number of aryl methyl sites for hydroxylation is 1. The van der Waals surface area contributed by atoms with E-state index < -0.39 is 0 Å². The Morgan fingerprint density at radius 1 is 0.804 bits per heavy atom. The first-order valence-electron chi connectivity index (χ1n) is 18.8. The van der Waals surface area contributed by atoms with Crippen molar-refractivity contribution in [3.05, 3.63) is 119 Å². The standard InChI is InChI=1S/C46H54N4O/c1-27(2)33-22-35(50-45(28(3)4)44(32(8)48-50)43-30(6)20-29(5)21-31(43)7)25-37(23-33)51-36-16-17-39-38-14-12-13-15-40(38)49(41(39)26-36)42-24-34(18-19-47-42)46(9,10)11/h12-20,22-29,31,43H,21H2,1-11H3/t29-,31-,43?/m0/s1. The zero-order valence-corrected chi connectivity index (χ0v) is 32.4. The maximum atomic E-state index is 6.82. The summed E-state index contributed by atoms with van der Waals surface area (Å²) in [4.78, 5) is 4.87. The average molecular weight is 679 g/mol. The Kier molecular flexibility index (Phi) is 8.98. The van der Waals surface area contributed by atoms with Crippen LogP contribution in [-0.4, -0.2) is 19.3 Å². The number of allylic oxidation sites excluding steroid dienone is 2. The van der Waals surface area contributed by atoms with Gasteiger partial charge in [0, 0.05) is 40.6 Å². The van der Waals surface area contributed by atoms with Crippen molar-refractivity contribution >= 4 is 21.8 Å². The van der Waals surface area contributed by atoms with Gasteiger partial charge in [0.05, 0.1) is 28.1 Å². The van der Waals surface area contributed by atoms with E-state index in [2.05, 4.69) is 164 Å². The summed E-state index contributed by atoms with van der Waals surface area (Å²) in [5.74, 6) is 4.70. The molecule has 1 aliphatic carbocycles. The molecule has 0 aliphatic heterocycles. The zero-order chi connectivity index (χ0) is 36.4. The lowest BCUT2D eigenvalue weighted by atomic mass is 9.71. The highest BCUT2D eigenvalue weighted by atomic mass is 16.5. The molecule has 0 bridgehead atoms. The predicted octanol–water partition coefficient (Wildman–Crippen LogP) is 12.7. The van der Waals surface area contributed by atoms with Crippen molar-refractivity contribution in [2.45, 2.75) is 106 Å². The van der Waals surface area contributed by atoms with Gasteiger partial charge in [0.1, 0.15) is 17.3 Å². The summed E-state index contributed by atoms with van der Waals surface area (Å²) in [5, 5.41) is 7.65. The second-order valence-corrected chi connectivity index (χ2v) is 16.7. The molecular weight excluding hydrogens is 625 g/mol. The Bertz CT molecular complexity index is 2270. The first-order valence-corrected chi connectivity index (χ1v) is 18.8. The van der Waals surface area contributed by atoms with E-state index in [9.17, 15) is 0 Å². The molecule has 3 aromatic heterocycles. The highest BCUT2D eigenvalue weighted by Gasteiger charge is 2.33. The fraction of sp³-hybridized carbons (Fsp3) is 0.391. The van der Waals surface area contributed by atoms with Crippen LogP contribution in [0.3, 0.4) is 0 Å². The maximum Gasteiger partial charge on any atom is 0.137 e. The number of ether oxygens (including phenoxy) is 1. The Hall–Kier alpha value is -4.64. The summed E-state index contributed by atoms with van der Waals surface area (Å²) in [6, 6.07) is 26.0. The van der Waals surface area contributed by atoms with Crippen LogP contribution in [0, 0.1) is 18.8 Å². The van der Waals surface area contributed by atoms with Crippen molar-refractivity contribution < 1.29 is 4.74 Å². The third kappa shape index (κ3) is 6.41. The first kappa shape index (κ1) is 34.8. The third-order valence-corrected chi connectivity index (χ3v) is 10.9. The lowest BCUT2D eigenvalue weighted by molar-refractivity contribution is 0.389. The van der Waals surface area contributed by atoms with Crippen molar-refractivity contribution in [1.82, 2.24) is 19.3 Å². The number of nitrogens with zero attached hydrogens (tertiary/aromatic N) is 4. The Balaban J connectivity index is 1.35. The molecule has 3 aromatic carbocycles. The minimum Gasteiger partial charge on any atom is -0.457 e. The molecule has 0 fully saturated rings. The van der Waals surface area contributed by atoms with Gasteiger partial charge in [-0.05, 0) is 103 Å². The number of para-hydroxylation sites is 1. The van der Waals surface area contributed by atoms with Crippen LogP contribution < -0.4 is 4.74 Å². The van der Waals surface area contributed by atoms with Gasteiger partial charge < -0.3 is 4.74 Å². The summed E-state index contributed by atoms with van der Waals surface area (Å²) in [6.45, 7) is 25.1. The van der Waals surface area contributed by atoms with Gasteiger partial charge in [-0.15, -0.1) is 0 Å². The largest absolute Gasteiger partial charge is 0.457 e. The quantitative estimate of drug-likeness (QED) is 0.158. The van der Waals surface area contributed by atoms with Gasteiger partial charge >= 0.3 is 0 Å². The Morgan fingerprint density at radius 2 is 1.55 bits per heavy atom. The van der Waals surface area contributed by atoms with E-state index in [1.165, 1.54) is 45.2 Å². The minimum atomic E-state index is 0.00985. The Morgan fingerprint density at radius 3 is 2.25 bits per heavy atom. The molecule has 3 atom stereocenters. The summed E-state index contributed by atoms with van der Waals surface area (Å²) >= 11 is 0. The number of hydrogen-bond acceptors (Lipinski definition) is 3. The number of benzene rings is 3. The first-order chi connectivity index (χ1) is 24.2. The number of rotatable bonds is 7. The summed E-state index contributed by atoms with van der Waals surface area (Å²) < 4.78 is 11.3. The molecule has 0 spiro atoms. The number of pyridine rings is 1. The van der Waals surface area contributed by atoms with Gasteiger partial charge in [0.2, 0.25) is 0 Å². The molecule has 5 heteroatoms. The molecule has 3 heterocycles. The smallest absolute Gasteiger partial charge is 0.137 e. The van der Waals surface area contributed by atoms with Crippen LogP contribution in [-0.2, 0) is 5.41 Å². The molecule has 0 N–H and O–H groups in total. The van der Waals surface area contributed by atoms with Gasteiger partial charge in [0.15, 0.2) is 0 Å². The zero-order valence-electron chi connectivity index (χ0n) is 32.4. The molecule has 0 radical (unpaired) electrons. The van der Waals surface area contributed by atoms with Crippen molar-refractivity contribution in [3.63, 3.8) is 0 Å². The molecule has 1 aliphatic rings. The maximum absolute atomic E-state index is 6.82. The predicted molar refractivity (Wildman–Crippen MR) is 213 cm³/mol. The van der Waals surface area contributed by atoms with Crippen LogP contribution >= 0.6 is 0 Å². The van der Waals surface area contributed by atoms with Gasteiger partial charge in [-0.2, -0.15) is 5.10 Å². The fourth-order valence-corrected chi connectivity index (χ4v) is 8.52. The summed E-state index contributed by atoms with van der Waals surface area (Å²) in [6.07, 6.45) is 5.60. The SMILES string of the molecule is CC1=C[C@H](C)C[C@H](C)C1c1c(C)nn(-c2cc(Oc3ccc4c5ccccc5n(-c5cc(C(C)(C)C)ccn5)c4c3)cc(C(C)C)c2)c1C(C)C. The molecule has 6 aromatic rings. The van der Waals surface area contributed by atoms with E-state index >= 15 is 0 Å². The minimum absolute atomic E-state index is 0.00985. The molecule has 1 unspecified atom stereocenters. The fourth-order valence-electron chi connectivity index (χ4n) is 8.52. The second-order valence-electron chi connectivity index (χ2n) is 16.7. The van der Waals surface area contributed by atoms with Gasteiger partial charge in [-0.3, -0.25) is 4.57 Å². The topological polar surface area (TPSA) is 44.9 Å². The van der Waals surface area contributed by atoms with Crippen LogP contribution in [0.25, 0.3) is 33.3 Å². The molecular formula is C46H54N4O. The second kappa shape index (κ2) is 13.2. The van der Waals surface area contributed by atoms with E-state index in [1.54, 1.807) is 0 Å². The van der Waals surface area contributed by atoms with E-state index in [0.717, 1.165) is 39.7 Å². The molecule has 51 heavy (non-hydrogen) atoms.